The van der Waals surface area contributed by atoms with Gasteiger partial charge in [-0.15, -0.1) is 0 Å². The second-order valence-electron chi connectivity index (χ2n) is 6.17. The maximum Gasteiger partial charge on any atom is 0.321 e. The molecule has 2 fully saturated rings. The normalized spacial score (nSPS) is 25.7. The van der Waals surface area contributed by atoms with Gasteiger partial charge in [0.05, 0.1) is 11.0 Å². The van der Waals surface area contributed by atoms with Crippen molar-refractivity contribution in [3.05, 3.63) is 28.2 Å². The zero-order chi connectivity index (χ0) is 16.6. The van der Waals surface area contributed by atoms with E-state index in [-0.39, 0.29) is 18.5 Å². The van der Waals surface area contributed by atoms with E-state index in [1.165, 1.54) is 0 Å². The Bertz CT molecular complexity index is 715. The zero-order valence-corrected chi connectivity index (χ0v) is 14.0. The molecule has 0 radical (unpaired) electrons. The molecule has 23 heavy (non-hydrogen) atoms. The number of anilines is 1. The number of nitriles is 1. The van der Waals surface area contributed by atoms with E-state index in [4.69, 9.17) is 5.26 Å². The number of nitrogens with one attached hydrogen (secondary N) is 1. The van der Waals surface area contributed by atoms with Gasteiger partial charge in [0.15, 0.2) is 0 Å². The van der Waals surface area contributed by atoms with Crippen molar-refractivity contribution in [2.75, 3.05) is 18.4 Å². The lowest BCUT2D eigenvalue weighted by Crippen LogP contribution is -2.38. The number of hydrogen-bond acceptors (Lipinski definition) is 3. The molecule has 0 spiro atoms. The van der Waals surface area contributed by atoms with Crippen molar-refractivity contribution < 1.29 is 14.7 Å². The van der Waals surface area contributed by atoms with Crippen LogP contribution in [0.1, 0.15) is 24.8 Å². The first-order chi connectivity index (χ1) is 11.0. The number of nitrogens with zero attached hydrogens (tertiary/aromatic N) is 2. The van der Waals surface area contributed by atoms with Gasteiger partial charge < -0.3 is 15.3 Å². The number of carboxylic acid groups (broad SMARTS) is 1. The van der Waals surface area contributed by atoms with E-state index >= 15 is 0 Å². The Balaban J connectivity index is 1.72. The van der Waals surface area contributed by atoms with Gasteiger partial charge in [-0.1, -0.05) is 6.42 Å². The topological polar surface area (TPSA) is 93.4 Å². The van der Waals surface area contributed by atoms with Gasteiger partial charge in [-0.2, -0.15) is 5.26 Å². The number of amides is 2. The number of benzene rings is 1. The smallest absolute Gasteiger partial charge is 0.321 e. The first-order valence-corrected chi connectivity index (χ1v) is 8.24. The first-order valence-electron chi connectivity index (χ1n) is 7.45. The predicted octanol–water partition coefficient (Wildman–Crippen LogP) is 3.04. The number of halogens is 1. The fourth-order valence-electron chi connectivity index (χ4n) is 3.68. The summed E-state index contributed by atoms with van der Waals surface area (Å²) >= 11 is 3.28. The molecule has 2 aliphatic rings. The summed E-state index contributed by atoms with van der Waals surface area (Å²) in [6, 6.07) is 6.69. The number of likely N-dealkylation sites (tertiary alicyclic amines) is 1. The second-order valence-corrected chi connectivity index (χ2v) is 7.02. The summed E-state index contributed by atoms with van der Waals surface area (Å²) in [7, 11) is 0. The van der Waals surface area contributed by atoms with Crippen LogP contribution in [-0.2, 0) is 4.79 Å². The number of carbonyl (C=O) groups is 2. The molecule has 6 nitrogen and oxygen atoms in total. The van der Waals surface area contributed by atoms with Crippen LogP contribution < -0.4 is 5.32 Å². The Morgan fingerprint density at radius 1 is 1.48 bits per heavy atom. The van der Waals surface area contributed by atoms with Crippen molar-refractivity contribution in [1.29, 1.82) is 5.26 Å². The molecule has 2 amide bonds. The number of fused-ring (bicyclic) bond motifs is 1. The van der Waals surface area contributed by atoms with Crippen LogP contribution in [0, 0.1) is 22.7 Å². The van der Waals surface area contributed by atoms with E-state index in [2.05, 4.69) is 21.2 Å². The molecule has 1 aliphatic heterocycles. The molecule has 1 saturated carbocycles. The molecule has 1 aliphatic carbocycles. The Hall–Kier alpha value is -2.07. The minimum absolute atomic E-state index is 0.0402. The van der Waals surface area contributed by atoms with Gasteiger partial charge in [0.1, 0.15) is 6.07 Å². The predicted molar refractivity (Wildman–Crippen MR) is 86.9 cm³/mol. The molecule has 120 valence electrons. The van der Waals surface area contributed by atoms with Crippen molar-refractivity contribution in [3.63, 3.8) is 0 Å². The number of carboxylic acids is 1. The van der Waals surface area contributed by atoms with Crippen LogP contribution in [0.3, 0.4) is 0 Å². The van der Waals surface area contributed by atoms with E-state index in [1.54, 1.807) is 23.1 Å². The highest BCUT2D eigenvalue weighted by atomic mass is 79.9. The summed E-state index contributed by atoms with van der Waals surface area (Å²) in [5, 5.41) is 21.2. The lowest BCUT2D eigenvalue weighted by molar-refractivity contribution is -0.149. The maximum atomic E-state index is 12.4. The van der Waals surface area contributed by atoms with Crippen molar-refractivity contribution in [1.82, 2.24) is 4.90 Å². The lowest BCUT2D eigenvalue weighted by Gasteiger charge is -2.23. The summed E-state index contributed by atoms with van der Waals surface area (Å²) < 4.78 is 0.609. The molecule has 1 aromatic rings. The molecule has 1 saturated heterocycles. The van der Waals surface area contributed by atoms with Crippen LogP contribution in [-0.4, -0.2) is 35.1 Å². The van der Waals surface area contributed by atoms with Crippen molar-refractivity contribution >= 4 is 33.6 Å². The van der Waals surface area contributed by atoms with Gasteiger partial charge in [0, 0.05) is 23.2 Å². The van der Waals surface area contributed by atoms with Crippen molar-refractivity contribution in [2.45, 2.75) is 19.3 Å². The molecule has 2 N–H and O–H groups in total. The summed E-state index contributed by atoms with van der Waals surface area (Å²) in [5.74, 6) is -0.755. The number of urea groups is 1. The molecule has 3 rings (SSSR count). The molecule has 1 heterocycles. The monoisotopic (exact) mass is 377 g/mol. The van der Waals surface area contributed by atoms with E-state index in [1.807, 2.05) is 6.07 Å². The van der Waals surface area contributed by atoms with Gasteiger partial charge in [0.25, 0.3) is 0 Å². The van der Waals surface area contributed by atoms with Gasteiger partial charge in [-0.25, -0.2) is 4.79 Å². The largest absolute Gasteiger partial charge is 0.481 e. The molecule has 0 unspecified atom stereocenters. The lowest BCUT2D eigenvalue weighted by atomic mass is 9.81. The number of hydrogen-bond donors (Lipinski definition) is 2. The third-order valence-corrected chi connectivity index (χ3v) is 5.58. The van der Waals surface area contributed by atoms with Crippen LogP contribution in [0.25, 0.3) is 0 Å². The summed E-state index contributed by atoms with van der Waals surface area (Å²) in [6.45, 7) is 0.742. The molecule has 0 bridgehead atoms. The number of carbonyl (C=O) groups excluding carboxylic acids is 1. The van der Waals surface area contributed by atoms with Crippen LogP contribution in [0.4, 0.5) is 10.5 Å². The highest BCUT2D eigenvalue weighted by Gasteiger charge is 2.55. The molecular weight excluding hydrogens is 362 g/mol. The molecular formula is C16H16BrN3O3. The minimum atomic E-state index is -0.795. The second kappa shape index (κ2) is 5.85. The Morgan fingerprint density at radius 3 is 2.87 bits per heavy atom. The third kappa shape index (κ3) is 2.68. The van der Waals surface area contributed by atoms with E-state index < -0.39 is 11.4 Å². The van der Waals surface area contributed by atoms with Gasteiger partial charge in [-0.3, -0.25) is 4.79 Å². The maximum absolute atomic E-state index is 12.4. The highest BCUT2D eigenvalue weighted by molar-refractivity contribution is 9.10. The van der Waals surface area contributed by atoms with E-state index in [0.29, 0.717) is 28.7 Å². The summed E-state index contributed by atoms with van der Waals surface area (Å²) in [4.78, 5) is 25.7. The van der Waals surface area contributed by atoms with Crippen molar-refractivity contribution in [3.8, 4) is 6.07 Å². The van der Waals surface area contributed by atoms with Crippen molar-refractivity contribution in [2.24, 2.45) is 11.3 Å². The average Bonchev–Trinajstić information content (AvgIpc) is 3.05. The van der Waals surface area contributed by atoms with Crippen LogP contribution >= 0.6 is 15.9 Å². The molecule has 7 heteroatoms. The standard InChI is InChI=1S/C16H16BrN3O3/c17-13-6-12(4-3-10(13)7-18)19-15(23)20-8-11-2-1-5-16(11,9-20)14(21)22/h3-4,6,11H,1-2,5,8-9H2,(H,19,23)(H,21,22)/t11-,16+/m0/s1. The summed E-state index contributed by atoms with van der Waals surface area (Å²) in [6.07, 6.45) is 2.41. The Morgan fingerprint density at radius 2 is 2.26 bits per heavy atom. The zero-order valence-electron chi connectivity index (χ0n) is 12.4. The number of rotatable bonds is 2. The fraction of sp³-hybridized carbons (Fsp3) is 0.438. The number of aliphatic carboxylic acids is 1. The first kappa shape index (κ1) is 15.8. The summed E-state index contributed by atoms with van der Waals surface area (Å²) in [5.41, 5.74) is 0.286. The SMILES string of the molecule is N#Cc1ccc(NC(=O)N2C[C@@H]3CCC[C@@]3(C(=O)O)C2)cc1Br. The van der Waals surface area contributed by atoms with E-state index in [9.17, 15) is 14.7 Å². The van der Waals surface area contributed by atoms with Gasteiger partial charge in [0.2, 0.25) is 0 Å². The third-order valence-electron chi connectivity index (χ3n) is 4.92. The quantitative estimate of drug-likeness (QED) is 0.827. The van der Waals surface area contributed by atoms with Gasteiger partial charge >= 0.3 is 12.0 Å². The fourth-order valence-corrected chi connectivity index (χ4v) is 4.15. The molecule has 2 atom stereocenters. The van der Waals surface area contributed by atoms with Crippen LogP contribution in [0.15, 0.2) is 22.7 Å². The Kier molecular flexibility index (Phi) is 4.02. The minimum Gasteiger partial charge on any atom is -0.481 e. The Labute approximate surface area is 142 Å². The van der Waals surface area contributed by atoms with Gasteiger partial charge in [-0.05, 0) is 52.9 Å². The molecule has 0 aromatic heterocycles. The average molecular weight is 378 g/mol. The van der Waals surface area contributed by atoms with E-state index in [0.717, 1.165) is 12.8 Å². The van der Waals surface area contributed by atoms with Crippen LogP contribution in [0.2, 0.25) is 0 Å². The molecule has 1 aromatic carbocycles. The van der Waals surface area contributed by atoms with Crippen LogP contribution in [0.5, 0.6) is 0 Å². The highest BCUT2D eigenvalue weighted by Crippen LogP contribution is 2.48.